The number of β-amino-alcohol motifs (C(OH)–C–C–N with tert-alkyl or cyclic N) is 1. The number of likely N-dealkylation sites (N-methyl/N-ethyl adjacent to an activating group) is 1. The molecule has 1 aliphatic heterocycles. The Hall–Kier alpha value is -1.37. The lowest BCUT2D eigenvalue weighted by molar-refractivity contribution is 0.0235. The Morgan fingerprint density at radius 3 is 3.10 bits per heavy atom. The summed E-state index contributed by atoms with van der Waals surface area (Å²) in [5.41, 5.74) is 0.824. The van der Waals surface area contributed by atoms with Crippen molar-refractivity contribution in [1.29, 1.82) is 0 Å². The summed E-state index contributed by atoms with van der Waals surface area (Å²) >= 11 is 1.62. The average Bonchev–Trinajstić information content (AvgIpc) is 3.00. The molecule has 1 aliphatic rings. The zero-order valence-corrected chi connectivity index (χ0v) is 12.5. The van der Waals surface area contributed by atoms with Crippen LogP contribution in [0.25, 0.3) is 10.2 Å². The Balaban J connectivity index is 1.74. The fraction of sp³-hybridized carbons (Fsp3) is 0.500. The number of hydrogen-bond donors (Lipinski definition) is 2. The van der Waals surface area contributed by atoms with Crippen molar-refractivity contribution in [2.75, 3.05) is 33.7 Å². The Kier molecular flexibility index (Phi) is 3.32. The number of carbonyl (C=O) groups excluding carboxylic acids is 1. The fourth-order valence-electron chi connectivity index (χ4n) is 2.88. The first-order chi connectivity index (χ1) is 9.47. The number of H-pyrrole nitrogens is 1. The number of aromatic amines is 1. The van der Waals surface area contributed by atoms with Gasteiger partial charge < -0.3 is 19.9 Å². The van der Waals surface area contributed by atoms with Gasteiger partial charge in [-0.3, -0.25) is 4.79 Å². The van der Waals surface area contributed by atoms with E-state index in [1.807, 2.05) is 36.5 Å². The van der Waals surface area contributed by atoms with Crippen LogP contribution in [0.1, 0.15) is 16.9 Å². The quantitative estimate of drug-likeness (QED) is 0.898. The van der Waals surface area contributed by atoms with Crippen molar-refractivity contribution < 1.29 is 9.90 Å². The second-order valence-electron chi connectivity index (χ2n) is 5.82. The highest BCUT2D eigenvalue weighted by atomic mass is 32.1. The SMILES string of the molecule is CN(C)CC1(O)CCN(C(=O)c2cc3sccc3[nH]2)C1. The topological polar surface area (TPSA) is 59.6 Å². The van der Waals surface area contributed by atoms with Crippen LogP contribution in [-0.4, -0.2) is 65.1 Å². The van der Waals surface area contributed by atoms with Gasteiger partial charge in [0, 0.05) is 13.1 Å². The molecule has 108 valence electrons. The molecule has 2 aromatic heterocycles. The van der Waals surface area contributed by atoms with Crippen LogP contribution < -0.4 is 0 Å². The van der Waals surface area contributed by atoms with Crippen molar-refractivity contribution in [3.63, 3.8) is 0 Å². The van der Waals surface area contributed by atoms with Gasteiger partial charge in [-0.05, 0) is 38.0 Å². The highest BCUT2D eigenvalue weighted by Gasteiger charge is 2.39. The maximum Gasteiger partial charge on any atom is 0.270 e. The number of likely N-dealkylation sites (tertiary alicyclic amines) is 1. The molecule has 2 N–H and O–H groups in total. The lowest BCUT2D eigenvalue weighted by atomic mass is 10.0. The van der Waals surface area contributed by atoms with Crippen LogP contribution in [0.5, 0.6) is 0 Å². The molecule has 0 spiro atoms. The average molecular weight is 293 g/mol. The smallest absolute Gasteiger partial charge is 0.270 e. The van der Waals surface area contributed by atoms with Gasteiger partial charge in [-0.1, -0.05) is 0 Å². The predicted octanol–water partition coefficient (Wildman–Crippen LogP) is 1.37. The van der Waals surface area contributed by atoms with E-state index in [9.17, 15) is 9.90 Å². The summed E-state index contributed by atoms with van der Waals surface area (Å²) in [7, 11) is 3.86. The lowest BCUT2D eigenvalue weighted by Gasteiger charge is -2.26. The highest BCUT2D eigenvalue weighted by Crippen LogP contribution is 2.26. The number of nitrogens with zero attached hydrogens (tertiary/aromatic N) is 2. The van der Waals surface area contributed by atoms with E-state index < -0.39 is 5.60 Å². The summed E-state index contributed by atoms with van der Waals surface area (Å²) in [6.45, 7) is 1.59. The van der Waals surface area contributed by atoms with E-state index in [4.69, 9.17) is 0 Å². The molecule has 0 radical (unpaired) electrons. The molecule has 1 fully saturated rings. The van der Waals surface area contributed by atoms with Crippen LogP contribution in [0, 0.1) is 0 Å². The number of carbonyl (C=O) groups is 1. The molecular formula is C14H19N3O2S. The summed E-state index contributed by atoms with van der Waals surface area (Å²) in [4.78, 5) is 19.3. The number of thiophene rings is 1. The molecule has 0 saturated carbocycles. The van der Waals surface area contributed by atoms with Crippen molar-refractivity contribution in [2.45, 2.75) is 12.0 Å². The Morgan fingerprint density at radius 1 is 1.60 bits per heavy atom. The Labute approximate surface area is 121 Å². The largest absolute Gasteiger partial charge is 0.387 e. The third-order valence-corrected chi connectivity index (χ3v) is 4.56. The number of hydrogen-bond acceptors (Lipinski definition) is 4. The molecule has 1 saturated heterocycles. The van der Waals surface area contributed by atoms with Gasteiger partial charge in [0.2, 0.25) is 0 Å². The van der Waals surface area contributed by atoms with Crippen LogP contribution in [0.15, 0.2) is 17.5 Å². The van der Waals surface area contributed by atoms with Crippen molar-refractivity contribution >= 4 is 27.5 Å². The molecule has 0 bridgehead atoms. The molecule has 1 atom stereocenters. The van der Waals surface area contributed by atoms with E-state index in [1.54, 1.807) is 16.2 Å². The van der Waals surface area contributed by atoms with E-state index >= 15 is 0 Å². The number of rotatable bonds is 3. The molecular weight excluding hydrogens is 274 g/mol. The zero-order chi connectivity index (χ0) is 14.3. The number of fused-ring (bicyclic) bond motifs is 1. The summed E-state index contributed by atoms with van der Waals surface area (Å²) in [5, 5.41) is 12.5. The number of aromatic nitrogens is 1. The van der Waals surface area contributed by atoms with Crippen LogP contribution in [-0.2, 0) is 0 Å². The van der Waals surface area contributed by atoms with Gasteiger partial charge in [0.1, 0.15) is 5.69 Å². The molecule has 0 aliphatic carbocycles. The molecule has 0 aromatic carbocycles. The van der Waals surface area contributed by atoms with Gasteiger partial charge in [0.15, 0.2) is 0 Å². The van der Waals surface area contributed by atoms with E-state index in [0.717, 1.165) is 10.2 Å². The van der Waals surface area contributed by atoms with E-state index in [1.165, 1.54) is 0 Å². The van der Waals surface area contributed by atoms with Crippen LogP contribution >= 0.6 is 11.3 Å². The predicted molar refractivity (Wildman–Crippen MR) is 80.2 cm³/mol. The minimum atomic E-state index is -0.789. The van der Waals surface area contributed by atoms with Gasteiger partial charge in [-0.25, -0.2) is 0 Å². The third-order valence-electron chi connectivity index (χ3n) is 3.70. The van der Waals surface area contributed by atoms with Crippen molar-refractivity contribution in [3.05, 3.63) is 23.2 Å². The highest BCUT2D eigenvalue weighted by molar-refractivity contribution is 7.17. The van der Waals surface area contributed by atoms with E-state index in [2.05, 4.69) is 4.98 Å². The van der Waals surface area contributed by atoms with Crippen LogP contribution in [0.3, 0.4) is 0 Å². The van der Waals surface area contributed by atoms with E-state index in [-0.39, 0.29) is 5.91 Å². The van der Waals surface area contributed by atoms with E-state index in [0.29, 0.717) is 31.7 Å². The lowest BCUT2D eigenvalue weighted by Crippen LogP contribution is -2.43. The third kappa shape index (κ3) is 2.46. The fourth-order valence-corrected chi connectivity index (χ4v) is 3.66. The summed E-state index contributed by atoms with van der Waals surface area (Å²) in [5.74, 6) is -0.0249. The van der Waals surface area contributed by atoms with Crippen LogP contribution in [0.2, 0.25) is 0 Å². The molecule has 3 heterocycles. The van der Waals surface area contributed by atoms with Crippen molar-refractivity contribution in [3.8, 4) is 0 Å². The standard InChI is InChI=1S/C14H19N3O2S/c1-16(2)8-14(19)4-5-17(9-14)13(18)11-7-12-10(15-11)3-6-20-12/h3,6-7,15,19H,4-5,8-9H2,1-2H3. The maximum absolute atomic E-state index is 12.5. The summed E-state index contributed by atoms with van der Waals surface area (Å²) in [6.07, 6.45) is 0.631. The maximum atomic E-state index is 12.5. The Bertz CT molecular complexity index is 605. The summed E-state index contributed by atoms with van der Waals surface area (Å²) in [6, 6.07) is 3.87. The molecule has 1 amide bonds. The molecule has 2 aromatic rings. The van der Waals surface area contributed by atoms with Gasteiger partial charge in [-0.15, -0.1) is 11.3 Å². The molecule has 3 rings (SSSR count). The monoisotopic (exact) mass is 293 g/mol. The number of nitrogens with one attached hydrogen (secondary N) is 1. The Morgan fingerprint density at radius 2 is 2.40 bits per heavy atom. The molecule has 5 nitrogen and oxygen atoms in total. The summed E-state index contributed by atoms with van der Waals surface area (Å²) < 4.78 is 1.09. The second-order valence-corrected chi connectivity index (χ2v) is 6.77. The molecule has 6 heteroatoms. The molecule has 20 heavy (non-hydrogen) atoms. The van der Waals surface area contributed by atoms with Gasteiger partial charge in [0.25, 0.3) is 5.91 Å². The van der Waals surface area contributed by atoms with Gasteiger partial charge in [0.05, 0.1) is 22.4 Å². The zero-order valence-electron chi connectivity index (χ0n) is 11.7. The van der Waals surface area contributed by atoms with Crippen molar-refractivity contribution in [1.82, 2.24) is 14.8 Å². The van der Waals surface area contributed by atoms with Crippen molar-refractivity contribution in [2.24, 2.45) is 0 Å². The number of amides is 1. The first kappa shape index (κ1) is 13.6. The second kappa shape index (κ2) is 4.87. The first-order valence-electron chi connectivity index (χ1n) is 6.69. The minimum absolute atomic E-state index is 0.0249. The minimum Gasteiger partial charge on any atom is -0.387 e. The molecule has 1 unspecified atom stereocenters. The van der Waals surface area contributed by atoms with Gasteiger partial charge >= 0.3 is 0 Å². The normalized spacial score (nSPS) is 23.1. The van der Waals surface area contributed by atoms with Gasteiger partial charge in [-0.2, -0.15) is 0 Å². The number of aliphatic hydroxyl groups is 1. The first-order valence-corrected chi connectivity index (χ1v) is 7.57. The van der Waals surface area contributed by atoms with Crippen LogP contribution in [0.4, 0.5) is 0 Å².